The number of amides is 1. The molecule has 1 amide bonds. The molecule has 1 aromatic rings. The van der Waals surface area contributed by atoms with Gasteiger partial charge in [-0.05, 0) is 30.5 Å². The Morgan fingerprint density at radius 1 is 1.50 bits per heavy atom. The molecule has 1 aromatic carbocycles. The molecule has 1 aliphatic rings. The summed E-state index contributed by atoms with van der Waals surface area (Å²) < 4.78 is 13.1. The molecule has 1 atom stereocenters. The Balaban J connectivity index is 2.18. The van der Waals surface area contributed by atoms with Gasteiger partial charge in [0.25, 0.3) is 0 Å². The molecule has 0 saturated carbocycles. The van der Waals surface area contributed by atoms with Crippen LogP contribution in [0, 0.1) is 5.82 Å². The minimum absolute atomic E-state index is 0.146. The van der Waals surface area contributed by atoms with E-state index in [2.05, 4.69) is 0 Å². The highest BCUT2D eigenvalue weighted by atomic mass is 19.1. The van der Waals surface area contributed by atoms with Gasteiger partial charge in [-0.15, -0.1) is 0 Å². The Morgan fingerprint density at radius 2 is 2.28 bits per heavy atom. The van der Waals surface area contributed by atoms with Crippen molar-refractivity contribution in [3.63, 3.8) is 0 Å². The molecule has 96 valence electrons. The van der Waals surface area contributed by atoms with E-state index in [1.165, 1.54) is 17.0 Å². The molecule has 1 saturated heterocycles. The fraction of sp³-hybridized carbons (Fsp3) is 0.385. The van der Waals surface area contributed by atoms with Gasteiger partial charge in [0, 0.05) is 13.0 Å². The quantitative estimate of drug-likeness (QED) is 0.891. The molecule has 0 radical (unpaired) electrons. The zero-order chi connectivity index (χ0) is 13.1. The van der Waals surface area contributed by atoms with E-state index in [9.17, 15) is 14.0 Å². The number of likely N-dealkylation sites (tertiary alicyclic amines) is 1. The molecule has 5 heteroatoms. The van der Waals surface area contributed by atoms with Crippen LogP contribution in [0.1, 0.15) is 24.8 Å². The van der Waals surface area contributed by atoms with Crippen LogP contribution in [-0.2, 0) is 16.1 Å². The molecule has 0 aromatic heterocycles. The average Bonchev–Trinajstić information content (AvgIpc) is 2.31. The summed E-state index contributed by atoms with van der Waals surface area (Å²) in [6, 6.07) is 5.07. The van der Waals surface area contributed by atoms with Gasteiger partial charge in [-0.25, -0.2) is 9.18 Å². The van der Waals surface area contributed by atoms with Crippen LogP contribution < -0.4 is 0 Å². The topological polar surface area (TPSA) is 57.6 Å². The highest BCUT2D eigenvalue weighted by Gasteiger charge is 2.32. The molecular weight excluding hydrogens is 237 g/mol. The summed E-state index contributed by atoms with van der Waals surface area (Å²) in [6.45, 7) is 0.146. The number of benzene rings is 1. The lowest BCUT2D eigenvalue weighted by Crippen LogP contribution is -2.47. The Kier molecular flexibility index (Phi) is 3.60. The lowest BCUT2D eigenvalue weighted by Gasteiger charge is -2.32. The molecule has 0 aliphatic carbocycles. The molecule has 1 heterocycles. The number of carbonyl (C=O) groups excluding carboxylic acids is 1. The number of nitrogens with zero attached hydrogens (tertiary/aromatic N) is 1. The van der Waals surface area contributed by atoms with Gasteiger partial charge >= 0.3 is 5.97 Å². The molecular formula is C13H14FNO3. The average molecular weight is 251 g/mol. The number of rotatable bonds is 3. The summed E-state index contributed by atoms with van der Waals surface area (Å²) >= 11 is 0. The van der Waals surface area contributed by atoms with Crippen LogP contribution >= 0.6 is 0 Å². The second-order valence-electron chi connectivity index (χ2n) is 4.40. The Hall–Kier alpha value is -1.91. The number of carbonyl (C=O) groups is 2. The van der Waals surface area contributed by atoms with Crippen molar-refractivity contribution in [2.24, 2.45) is 0 Å². The Labute approximate surface area is 104 Å². The molecule has 1 N–H and O–H groups in total. The van der Waals surface area contributed by atoms with Crippen molar-refractivity contribution in [1.29, 1.82) is 0 Å². The van der Waals surface area contributed by atoms with Crippen LogP contribution in [0.15, 0.2) is 24.3 Å². The van der Waals surface area contributed by atoms with E-state index in [1.807, 2.05) is 0 Å². The first-order chi connectivity index (χ1) is 8.58. The summed E-state index contributed by atoms with van der Waals surface area (Å²) in [4.78, 5) is 24.2. The van der Waals surface area contributed by atoms with Crippen molar-refractivity contribution in [1.82, 2.24) is 4.90 Å². The smallest absolute Gasteiger partial charge is 0.326 e. The van der Waals surface area contributed by atoms with Gasteiger partial charge < -0.3 is 10.0 Å². The van der Waals surface area contributed by atoms with Gasteiger partial charge in [0.05, 0.1) is 0 Å². The van der Waals surface area contributed by atoms with Gasteiger partial charge in [-0.3, -0.25) is 4.79 Å². The molecule has 0 unspecified atom stereocenters. The predicted molar refractivity (Wildman–Crippen MR) is 62.2 cm³/mol. The largest absolute Gasteiger partial charge is 0.480 e. The lowest BCUT2D eigenvalue weighted by atomic mass is 10.0. The molecule has 0 bridgehead atoms. The van der Waals surface area contributed by atoms with Crippen molar-refractivity contribution in [2.75, 3.05) is 0 Å². The maximum Gasteiger partial charge on any atom is 0.326 e. The summed E-state index contributed by atoms with van der Waals surface area (Å²) in [5, 5.41) is 9.09. The van der Waals surface area contributed by atoms with Crippen molar-refractivity contribution in [2.45, 2.75) is 31.8 Å². The number of carboxylic acids is 1. The summed E-state index contributed by atoms with van der Waals surface area (Å²) in [5.41, 5.74) is 0.608. The third-order valence-electron chi connectivity index (χ3n) is 3.09. The van der Waals surface area contributed by atoms with Crippen LogP contribution in [0.3, 0.4) is 0 Å². The number of piperidine rings is 1. The molecule has 4 nitrogen and oxygen atoms in total. The van der Waals surface area contributed by atoms with E-state index in [1.54, 1.807) is 12.1 Å². The monoisotopic (exact) mass is 251 g/mol. The van der Waals surface area contributed by atoms with E-state index in [0.29, 0.717) is 24.8 Å². The summed E-state index contributed by atoms with van der Waals surface area (Å²) in [6.07, 6.45) is 1.41. The van der Waals surface area contributed by atoms with Crippen LogP contribution in [0.25, 0.3) is 0 Å². The van der Waals surface area contributed by atoms with E-state index in [0.717, 1.165) is 0 Å². The number of halogens is 1. The predicted octanol–water partition coefficient (Wildman–Crippen LogP) is 1.79. The summed E-state index contributed by atoms with van der Waals surface area (Å²) in [5.74, 6) is -1.57. The third kappa shape index (κ3) is 2.67. The normalized spacial score (nSPS) is 19.9. The van der Waals surface area contributed by atoms with Crippen molar-refractivity contribution in [3.8, 4) is 0 Å². The SMILES string of the molecule is O=C(O)[C@H]1CCCC(=O)N1Cc1cccc(F)c1. The van der Waals surface area contributed by atoms with Crippen LogP contribution in [0.5, 0.6) is 0 Å². The highest BCUT2D eigenvalue weighted by molar-refractivity contribution is 5.84. The zero-order valence-electron chi connectivity index (χ0n) is 9.80. The second kappa shape index (κ2) is 5.16. The minimum atomic E-state index is -1.00. The van der Waals surface area contributed by atoms with Crippen LogP contribution in [0.4, 0.5) is 4.39 Å². The summed E-state index contributed by atoms with van der Waals surface area (Å²) in [7, 11) is 0. The molecule has 2 rings (SSSR count). The molecule has 1 fully saturated rings. The van der Waals surface area contributed by atoms with Gasteiger partial charge in [0.15, 0.2) is 0 Å². The highest BCUT2D eigenvalue weighted by Crippen LogP contribution is 2.21. The van der Waals surface area contributed by atoms with E-state index < -0.39 is 12.0 Å². The molecule has 18 heavy (non-hydrogen) atoms. The van der Waals surface area contributed by atoms with E-state index >= 15 is 0 Å². The molecule has 1 aliphatic heterocycles. The number of hydrogen-bond donors (Lipinski definition) is 1. The Morgan fingerprint density at radius 3 is 2.94 bits per heavy atom. The van der Waals surface area contributed by atoms with Gasteiger partial charge in [-0.2, -0.15) is 0 Å². The maximum atomic E-state index is 13.1. The van der Waals surface area contributed by atoms with Gasteiger partial charge in [0.1, 0.15) is 11.9 Å². The zero-order valence-corrected chi connectivity index (χ0v) is 9.80. The number of aliphatic carboxylic acids is 1. The van der Waals surface area contributed by atoms with Gasteiger partial charge in [0.2, 0.25) is 5.91 Å². The third-order valence-corrected chi connectivity index (χ3v) is 3.09. The minimum Gasteiger partial charge on any atom is -0.480 e. The van der Waals surface area contributed by atoms with Crippen molar-refractivity contribution >= 4 is 11.9 Å². The lowest BCUT2D eigenvalue weighted by molar-refractivity contribution is -0.153. The van der Waals surface area contributed by atoms with E-state index in [4.69, 9.17) is 5.11 Å². The first-order valence-electron chi connectivity index (χ1n) is 5.84. The fourth-order valence-corrected chi connectivity index (χ4v) is 2.21. The first kappa shape index (κ1) is 12.5. The Bertz CT molecular complexity index is 475. The number of hydrogen-bond acceptors (Lipinski definition) is 2. The van der Waals surface area contributed by atoms with Crippen LogP contribution in [-0.4, -0.2) is 27.9 Å². The van der Waals surface area contributed by atoms with Crippen molar-refractivity contribution in [3.05, 3.63) is 35.6 Å². The maximum absolute atomic E-state index is 13.1. The second-order valence-corrected chi connectivity index (χ2v) is 4.40. The van der Waals surface area contributed by atoms with E-state index in [-0.39, 0.29) is 18.3 Å². The fourth-order valence-electron chi connectivity index (χ4n) is 2.21. The van der Waals surface area contributed by atoms with Crippen LogP contribution in [0.2, 0.25) is 0 Å². The van der Waals surface area contributed by atoms with Crippen molar-refractivity contribution < 1.29 is 19.1 Å². The van der Waals surface area contributed by atoms with Gasteiger partial charge in [-0.1, -0.05) is 12.1 Å². The first-order valence-corrected chi connectivity index (χ1v) is 5.84. The molecule has 0 spiro atoms. The number of carboxylic acid groups (broad SMARTS) is 1. The standard InChI is InChI=1S/C13H14FNO3/c14-10-4-1-3-9(7-10)8-15-11(13(17)18)5-2-6-12(15)16/h1,3-4,7,11H,2,5-6,8H2,(H,17,18)/t11-/m1/s1.